The largest absolute Gasteiger partial charge is 0.456 e. The van der Waals surface area contributed by atoms with Gasteiger partial charge in [0.05, 0.1) is 5.39 Å². The number of hydrogen-bond donors (Lipinski definition) is 0. The highest BCUT2D eigenvalue weighted by atomic mass is 16.4. The molecule has 0 amide bonds. The number of fused-ring (bicyclic) bond motifs is 10. The molecule has 0 aliphatic rings. The van der Waals surface area contributed by atoms with Crippen molar-refractivity contribution in [2.75, 3.05) is 0 Å². The first-order chi connectivity index (χ1) is 25.2. The highest BCUT2D eigenvalue weighted by Crippen LogP contribution is 2.41. The minimum Gasteiger partial charge on any atom is -0.456 e. The van der Waals surface area contributed by atoms with Crippen LogP contribution in [0.1, 0.15) is 0 Å². The highest BCUT2D eigenvalue weighted by molar-refractivity contribution is 6.25. The summed E-state index contributed by atoms with van der Waals surface area (Å²) in [7, 11) is 0. The van der Waals surface area contributed by atoms with Gasteiger partial charge < -0.3 is 13.3 Å². The van der Waals surface area contributed by atoms with Gasteiger partial charge in [0.2, 0.25) is 5.89 Å². The molecule has 11 rings (SSSR count). The smallest absolute Gasteiger partial charge is 0.227 e. The standard InChI is InChI=1S/C44H24N4O3/c1-3-9-26(10-4-1)41-46-42(48-43(47-41)29-18-20-35-32(24-29)30-13-7-8-14-34(30)49-35)28-16-15-25-17-21-36-38(31(25)23-28)39-37(50-36)22-19-33-40(39)51-44(45-33)27-11-5-2-6-12-27/h1-24H. The van der Waals surface area contributed by atoms with E-state index in [9.17, 15) is 0 Å². The van der Waals surface area contributed by atoms with E-state index in [4.69, 9.17) is 33.2 Å². The van der Waals surface area contributed by atoms with Crippen LogP contribution >= 0.6 is 0 Å². The van der Waals surface area contributed by atoms with Gasteiger partial charge in [0.15, 0.2) is 23.1 Å². The second-order valence-electron chi connectivity index (χ2n) is 12.6. The number of aromatic nitrogens is 4. The Bertz CT molecular complexity index is 3140. The zero-order valence-electron chi connectivity index (χ0n) is 26.9. The summed E-state index contributed by atoms with van der Waals surface area (Å²) in [4.78, 5) is 19.9. The maximum Gasteiger partial charge on any atom is 0.227 e. The minimum absolute atomic E-state index is 0.568. The summed E-state index contributed by atoms with van der Waals surface area (Å²) in [5.74, 6) is 2.31. The third-order valence-corrected chi connectivity index (χ3v) is 9.55. The molecule has 0 atom stereocenters. The fourth-order valence-electron chi connectivity index (χ4n) is 7.12. The summed E-state index contributed by atoms with van der Waals surface area (Å²) < 4.78 is 19.0. The van der Waals surface area contributed by atoms with Crippen molar-refractivity contribution in [3.05, 3.63) is 146 Å². The molecule has 0 unspecified atom stereocenters. The molecule has 4 aromatic heterocycles. The van der Waals surface area contributed by atoms with Crippen LogP contribution in [-0.4, -0.2) is 19.9 Å². The molecule has 0 aliphatic heterocycles. The monoisotopic (exact) mass is 656 g/mol. The number of furan rings is 2. The summed E-state index contributed by atoms with van der Waals surface area (Å²) in [5, 5.41) is 5.98. The van der Waals surface area contributed by atoms with Crippen LogP contribution in [-0.2, 0) is 0 Å². The maximum absolute atomic E-state index is 6.47. The van der Waals surface area contributed by atoms with Gasteiger partial charge in [-0.3, -0.25) is 0 Å². The van der Waals surface area contributed by atoms with Crippen molar-refractivity contribution in [1.29, 1.82) is 0 Å². The molecule has 238 valence electrons. The summed E-state index contributed by atoms with van der Waals surface area (Å²) in [6.07, 6.45) is 0. The SMILES string of the molecule is c1ccc(-c2nc(-c3ccc4oc5ccccc5c4c3)nc(-c3ccc4ccc5oc6ccc7nc(-c8ccccc8)oc7c6c5c4c3)n2)cc1. The van der Waals surface area contributed by atoms with Crippen molar-refractivity contribution in [2.45, 2.75) is 0 Å². The molecule has 7 aromatic carbocycles. The molecular weight excluding hydrogens is 633 g/mol. The fraction of sp³-hybridized carbons (Fsp3) is 0. The molecule has 0 bridgehead atoms. The second kappa shape index (κ2) is 10.7. The maximum atomic E-state index is 6.47. The number of rotatable bonds is 4. The van der Waals surface area contributed by atoms with Crippen molar-refractivity contribution >= 4 is 65.7 Å². The van der Waals surface area contributed by atoms with Crippen LogP contribution in [0.25, 0.3) is 111 Å². The predicted molar refractivity (Wildman–Crippen MR) is 201 cm³/mol. The normalized spacial score (nSPS) is 11.9. The Morgan fingerprint density at radius 1 is 0.353 bits per heavy atom. The first-order valence-corrected chi connectivity index (χ1v) is 16.7. The van der Waals surface area contributed by atoms with Crippen molar-refractivity contribution in [3.63, 3.8) is 0 Å². The topological polar surface area (TPSA) is 91.0 Å². The number of benzene rings is 7. The van der Waals surface area contributed by atoms with Gasteiger partial charge in [0, 0.05) is 38.4 Å². The average molecular weight is 657 g/mol. The Morgan fingerprint density at radius 2 is 0.922 bits per heavy atom. The summed E-state index contributed by atoms with van der Waals surface area (Å²) >= 11 is 0. The molecule has 0 aliphatic carbocycles. The molecule has 4 heterocycles. The van der Waals surface area contributed by atoms with Crippen LogP contribution in [0.2, 0.25) is 0 Å². The van der Waals surface area contributed by atoms with Crippen LogP contribution in [0.4, 0.5) is 0 Å². The molecule has 51 heavy (non-hydrogen) atoms. The molecule has 11 aromatic rings. The van der Waals surface area contributed by atoms with E-state index in [1.54, 1.807) is 0 Å². The van der Waals surface area contributed by atoms with E-state index in [0.29, 0.717) is 28.9 Å². The Labute approximate surface area is 289 Å². The summed E-state index contributed by atoms with van der Waals surface area (Å²) in [5.41, 5.74) is 8.19. The van der Waals surface area contributed by atoms with E-state index in [1.165, 1.54) is 0 Å². The number of nitrogens with zero attached hydrogens (tertiary/aromatic N) is 4. The Hall–Kier alpha value is -7.12. The van der Waals surface area contributed by atoms with Crippen LogP contribution in [0.3, 0.4) is 0 Å². The number of oxazole rings is 1. The van der Waals surface area contributed by atoms with Crippen LogP contribution in [0.5, 0.6) is 0 Å². The van der Waals surface area contributed by atoms with Gasteiger partial charge >= 0.3 is 0 Å². The Balaban J connectivity index is 1.13. The van der Waals surface area contributed by atoms with Crippen molar-refractivity contribution < 1.29 is 13.3 Å². The Kier molecular flexibility index (Phi) is 5.83. The lowest BCUT2D eigenvalue weighted by Crippen LogP contribution is -2.00. The molecule has 0 N–H and O–H groups in total. The van der Waals surface area contributed by atoms with Gasteiger partial charge in [0.25, 0.3) is 0 Å². The summed E-state index contributed by atoms with van der Waals surface area (Å²) in [6, 6.07) is 48.4. The number of para-hydroxylation sites is 1. The second-order valence-corrected chi connectivity index (χ2v) is 12.6. The first kappa shape index (κ1) is 27.8. The van der Waals surface area contributed by atoms with Gasteiger partial charge in [-0.1, -0.05) is 84.9 Å². The highest BCUT2D eigenvalue weighted by Gasteiger charge is 2.20. The zero-order valence-corrected chi connectivity index (χ0v) is 26.9. The lowest BCUT2D eigenvalue weighted by atomic mass is 10.0. The lowest BCUT2D eigenvalue weighted by Gasteiger charge is -2.09. The average Bonchev–Trinajstić information content (AvgIpc) is 3.91. The third kappa shape index (κ3) is 4.38. The minimum atomic E-state index is 0.568. The molecule has 0 fully saturated rings. The summed E-state index contributed by atoms with van der Waals surface area (Å²) in [6.45, 7) is 0. The van der Waals surface area contributed by atoms with Crippen LogP contribution in [0, 0.1) is 0 Å². The number of hydrogen-bond acceptors (Lipinski definition) is 7. The quantitative estimate of drug-likeness (QED) is 0.186. The third-order valence-electron chi connectivity index (χ3n) is 9.55. The van der Waals surface area contributed by atoms with Crippen molar-refractivity contribution in [3.8, 4) is 45.6 Å². The van der Waals surface area contributed by atoms with E-state index >= 15 is 0 Å². The van der Waals surface area contributed by atoms with E-state index in [-0.39, 0.29) is 0 Å². The van der Waals surface area contributed by atoms with Gasteiger partial charge in [-0.15, -0.1) is 0 Å². The molecule has 0 radical (unpaired) electrons. The van der Waals surface area contributed by atoms with Crippen molar-refractivity contribution in [2.24, 2.45) is 0 Å². The van der Waals surface area contributed by atoms with Crippen molar-refractivity contribution in [1.82, 2.24) is 19.9 Å². The first-order valence-electron chi connectivity index (χ1n) is 16.7. The molecular formula is C44H24N4O3. The van der Waals surface area contributed by atoms with E-state index in [0.717, 1.165) is 82.4 Å². The van der Waals surface area contributed by atoms with Gasteiger partial charge in [-0.2, -0.15) is 0 Å². The molecule has 7 nitrogen and oxygen atoms in total. The molecule has 0 saturated carbocycles. The van der Waals surface area contributed by atoms with Crippen LogP contribution < -0.4 is 0 Å². The predicted octanol–water partition coefficient (Wildman–Crippen LogP) is 11.6. The molecule has 0 saturated heterocycles. The van der Waals surface area contributed by atoms with Gasteiger partial charge in [0.1, 0.15) is 27.8 Å². The Morgan fingerprint density at radius 3 is 1.73 bits per heavy atom. The van der Waals surface area contributed by atoms with Crippen LogP contribution in [0.15, 0.2) is 159 Å². The van der Waals surface area contributed by atoms with Gasteiger partial charge in [-0.25, -0.2) is 19.9 Å². The lowest BCUT2D eigenvalue weighted by molar-refractivity contribution is 0.622. The molecule has 0 spiro atoms. The van der Waals surface area contributed by atoms with E-state index in [2.05, 4.69) is 36.4 Å². The van der Waals surface area contributed by atoms with E-state index < -0.39 is 0 Å². The zero-order chi connectivity index (χ0) is 33.5. The molecule has 7 heteroatoms. The van der Waals surface area contributed by atoms with Gasteiger partial charge in [-0.05, 0) is 71.4 Å². The van der Waals surface area contributed by atoms with E-state index in [1.807, 2.05) is 109 Å². The fourth-order valence-corrected chi connectivity index (χ4v) is 7.12.